The molecule has 1 aliphatic rings. The first kappa shape index (κ1) is 29.0. The number of hydrogen-bond donors (Lipinski definition) is 1. The van der Waals surface area contributed by atoms with E-state index in [0.29, 0.717) is 38.3 Å². The highest BCUT2D eigenvalue weighted by Crippen LogP contribution is 2.37. The van der Waals surface area contributed by atoms with Crippen LogP contribution in [0.15, 0.2) is 73.4 Å². The zero-order valence-corrected chi connectivity index (χ0v) is 26.0. The van der Waals surface area contributed by atoms with Gasteiger partial charge < -0.3 is 14.8 Å². The Morgan fingerprint density at radius 3 is 2.66 bits per heavy atom. The van der Waals surface area contributed by atoms with Crippen LogP contribution in [0.25, 0.3) is 10.9 Å². The number of ether oxygens (including phenoxy) is 2. The molecule has 1 saturated carbocycles. The number of aryl methyl sites for hydroxylation is 1. The van der Waals surface area contributed by atoms with Crippen molar-refractivity contribution >= 4 is 60.6 Å². The van der Waals surface area contributed by atoms with Crippen LogP contribution in [0.2, 0.25) is 0 Å². The van der Waals surface area contributed by atoms with Gasteiger partial charge in [0.2, 0.25) is 0 Å². The Balaban J connectivity index is 1.42. The molecule has 212 valence electrons. The van der Waals surface area contributed by atoms with Crippen LogP contribution in [0.3, 0.4) is 0 Å². The molecule has 3 aromatic carbocycles. The summed E-state index contributed by atoms with van der Waals surface area (Å²) in [5.74, 6) is 1.38. The molecule has 0 saturated heterocycles. The summed E-state index contributed by atoms with van der Waals surface area (Å²) in [5, 5.41) is 7.99. The van der Waals surface area contributed by atoms with Crippen molar-refractivity contribution in [2.24, 2.45) is 5.10 Å². The third-order valence-electron chi connectivity index (χ3n) is 7.14. The molecule has 1 fully saturated rings. The fourth-order valence-corrected chi connectivity index (χ4v) is 5.95. The number of aromatic nitrogens is 2. The maximum absolute atomic E-state index is 13.6. The molecule has 1 N–H and O–H groups in total. The minimum Gasteiger partial charge on any atom is -0.493 e. The first-order valence-corrected chi connectivity index (χ1v) is 15.0. The Hall–Kier alpha value is -3.50. The zero-order valence-electron chi connectivity index (χ0n) is 22.8. The van der Waals surface area contributed by atoms with Crippen LogP contribution in [0.1, 0.15) is 55.0 Å². The fourth-order valence-electron chi connectivity index (χ4n) is 5.02. The number of nitrogens with one attached hydrogen (secondary N) is 1. The Morgan fingerprint density at radius 1 is 1.12 bits per heavy atom. The Morgan fingerprint density at radius 2 is 1.90 bits per heavy atom. The number of benzene rings is 3. The van der Waals surface area contributed by atoms with Gasteiger partial charge in [0, 0.05) is 16.1 Å². The van der Waals surface area contributed by atoms with Gasteiger partial charge in [0.05, 0.1) is 28.7 Å². The van der Waals surface area contributed by atoms with E-state index in [2.05, 4.69) is 42.3 Å². The van der Waals surface area contributed by atoms with Crippen LogP contribution in [0.5, 0.6) is 11.5 Å². The van der Waals surface area contributed by atoms with E-state index < -0.39 is 0 Å². The number of para-hydroxylation sites is 1. The van der Waals surface area contributed by atoms with E-state index in [0.717, 1.165) is 41.4 Å². The average molecular weight is 682 g/mol. The number of anilines is 1. The summed E-state index contributed by atoms with van der Waals surface area (Å²) in [5.41, 5.74) is 2.84. The lowest BCUT2D eigenvalue weighted by Gasteiger charge is -2.22. The highest BCUT2D eigenvalue weighted by atomic mass is 79.9. The number of amides is 1. The molecule has 0 spiro atoms. The van der Waals surface area contributed by atoms with E-state index in [4.69, 9.17) is 14.5 Å². The van der Waals surface area contributed by atoms with Crippen LogP contribution >= 0.6 is 31.9 Å². The number of rotatable bonds is 8. The molecule has 0 atom stereocenters. The van der Waals surface area contributed by atoms with Gasteiger partial charge in [-0.1, -0.05) is 53.4 Å². The minimum atomic E-state index is -0.288. The van der Waals surface area contributed by atoms with Crippen molar-refractivity contribution in [1.82, 2.24) is 9.66 Å². The van der Waals surface area contributed by atoms with Crippen LogP contribution in [0, 0.1) is 6.92 Å². The largest absolute Gasteiger partial charge is 0.493 e. The van der Waals surface area contributed by atoms with Gasteiger partial charge in [-0.05, 0) is 83.2 Å². The summed E-state index contributed by atoms with van der Waals surface area (Å²) in [6.45, 7) is 1.73. The quantitative estimate of drug-likeness (QED) is 0.199. The summed E-state index contributed by atoms with van der Waals surface area (Å²) in [6, 6.07) is 16.6. The second-order valence-electron chi connectivity index (χ2n) is 10.0. The van der Waals surface area contributed by atoms with Crippen molar-refractivity contribution in [3.05, 3.63) is 90.8 Å². The highest BCUT2D eigenvalue weighted by molar-refractivity contribution is 9.10. The minimum absolute atomic E-state index is 0.171. The smallest absolute Gasteiger partial charge is 0.282 e. The van der Waals surface area contributed by atoms with Gasteiger partial charge >= 0.3 is 0 Å². The summed E-state index contributed by atoms with van der Waals surface area (Å²) in [4.78, 5) is 31.0. The molecule has 10 heteroatoms. The number of carbonyl (C=O) groups excluding carboxylic acids is 1. The molecule has 1 heterocycles. The van der Waals surface area contributed by atoms with Gasteiger partial charge in [0.25, 0.3) is 11.5 Å². The maximum atomic E-state index is 13.6. The molecular formula is C31H30Br2N4O4. The van der Waals surface area contributed by atoms with E-state index in [1.165, 1.54) is 18.2 Å². The Kier molecular flexibility index (Phi) is 9.19. The van der Waals surface area contributed by atoms with Crippen molar-refractivity contribution in [2.75, 3.05) is 19.0 Å². The van der Waals surface area contributed by atoms with Crippen molar-refractivity contribution < 1.29 is 14.3 Å². The molecule has 1 aromatic heterocycles. The molecule has 0 radical (unpaired) electrons. The number of halogens is 2. The zero-order chi connectivity index (χ0) is 28.9. The van der Waals surface area contributed by atoms with Crippen molar-refractivity contribution in [1.29, 1.82) is 0 Å². The van der Waals surface area contributed by atoms with Crippen molar-refractivity contribution in [2.45, 2.75) is 44.9 Å². The lowest BCUT2D eigenvalue weighted by Crippen LogP contribution is -2.25. The first-order valence-electron chi connectivity index (χ1n) is 13.5. The van der Waals surface area contributed by atoms with Crippen LogP contribution in [-0.2, 0) is 4.79 Å². The third kappa shape index (κ3) is 6.70. The monoisotopic (exact) mass is 680 g/mol. The van der Waals surface area contributed by atoms with Crippen LogP contribution in [0.4, 0.5) is 5.69 Å². The first-order chi connectivity index (χ1) is 19.8. The average Bonchev–Trinajstić information content (AvgIpc) is 2.97. The van der Waals surface area contributed by atoms with E-state index in [1.807, 2.05) is 43.3 Å². The Labute approximate surface area is 255 Å². The molecule has 8 nitrogen and oxygen atoms in total. The molecule has 4 aromatic rings. The second-order valence-corrected chi connectivity index (χ2v) is 11.8. The predicted octanol–water partition coefficient (Wildman–Crippen LogP) is 7.19. The maximum Gasteiger partial charge on any atom is 0.282 e. The summed E-state index contributed by atoms with van der Waals surface area (Å²) in [7, 11) is 1.53. The topological polar surface area (TPSA) is 94.8 Å². The van der Waals surface area contributed by atoms with Gasteiger partial charge in [0.15, 0.2) is 18.1 Å². The third-order valence-corrected chi connectivity index (χ3v) is 8.23. The van der Waals surface area contributed by atoms with E-state index in [-0.39, 0.29) is 24.0 Å². The normalized spacial score (nSPS) is 14.0. The molecule has 0 bridgehead atoms. The molecular weight excluding hydrogens is 652 g/mol. The SMILES string of the molecule is COc1cc(C=Nn2c(C3CCCCC3)nc3ccc(Br)cc3c2=O)cc(Br)c1OCC(=O)Nc1ccccc1C. The molecule has 41 heavy (non-hydrogen) atoms. The van der Waals surface area contributed by atoms with Crippen LogP contribution < -0.4 is 20.3 Å². The van der Waals surface area contributed by atoms with Gasteiger partial charge in [-0.15, -0.1) is 0 Å². The molecule has 0 aliphatic heterocycles. The van der Waals surface area contributed by atoms with E-state index in [1.54, 1.807) is 24.4 Å². The predicted molar refractivity (Wildman–Crippen MR) is 169 cm³/mol. The number of hydrogen-bond acceptors (Lipinski definition) is 6. The Bertz CT molecular complexity index is 1680. The molecule has 1 aliphatic carbocycles. The van der Waals surface area contributed by atoms with Gasteiger partial charge in [-0.2, -0.15) is 9.78 Å². The summed E-state index contributed by atoms with van der Waals surface area (Å²) >= 11 is 7.00. The fraction of sp³-hybridized carbons (Fsp3) is 0.290. The summed E-state index contributed by atoms with van der Waals surface area (Å²) in [6.07, 6.45) is 6.98. The lowest BCUT2D eigenvalue weighted by atomic mass is 9.88. The number of fused-ring (bicyclic) bond motifs is 1. The molecule has 5 rings (SSSR count). The highest BCUT2D eigenvalue weighted by Gasteiger charge is 2.23. The summed E-state index contributed by atoms with van der Waals surface area (Å²) < 4.78 is 14.2. The van der Waals surface area contributed by atoms with Gasteiger partial charge in [-0.3, -0.25) is 9.59 Å². The molecule has 1 amide bonds. The van der Waals surface area contributed by atoms with Gasteiger partial charge in [-0.25, -0.2) is 4.98 Å². The van der Waals surface area contributed by atoms with E-state index >= 15 is 0 Å². The lowest BCUT2D eigenvalue weighted by molar-refractivity contribution is -0.118. The number of methoxy groups -OCH3 is 1. The second kappa shape index (κ2) is 13.0. The van der Waals surface area contributed by atoms with Crippen LogP contribution in [-0.4, -0.2) is 35.5 Å². The number of carbonyl (C=O) groups is 1. The molecule has 0 unspecified atom stereocenters. The van der Waals surface area contributed by atoms with Crippen molar-refractivity contribution in [3.8, 4) is 11.5 Å². The number of nitrogens with zero attached hydrogens (tertiary/aromatic N) is 3. The standard InChI is InChI=1S/C31H30Br2N4O4/c1-19-8-6-7-11-25(19)35-28(38)18-41-29-24(33)14-20(15-27(29)40-2)17-34-37-30(21-9-4-3-5-10-21)36-26-13-12-22(32)16-23(26)31(37)39/h6-8,11-17,21H,3-5,9-10,18H2,1-2H3,(H,35,38). The van der Waals surface area contributed by atoms with E-state index in [9.17, 15) is 9.59 Å². The van der Waals surface area contributed by atoms with Gasteiger partial charge in [0.1, 0.15) is 5.82 Å². The van der Waals surface area contributed by atoms with Crippen molar-refractivity contribution in [3.63, 3.8) is 0 Å².